The van der Waals surface area contributed by atoms with E-state index in [9.17, 15) is 0 Å². The summed E-state index contributed by atoms with van der Waals surface area (Å²) in [7, 11) is 3.93. The van der Waals surface area contributed by atoms with Crippen molar-refractivity contribution in [3.05, 3.63) is 12.4 Å². The molecule has 0 amide bonds. The van der Waals surface area contributed by atoms with E-state index in [4.69, 9.17) is 4.74 Å². The third kappa shape index (κ3) is 1.12. The van der Waals surface area contributed by atoms with Crippen molar-refractivity contribution in [2.75, 3.05) is 6.61 Å². The highest BCUT2D eigenvalue weighted by atomic mass is 16.5. The highest BCUT2D eigenvalue weighted by molar-refractivity contribution is 4.86. The maximum absolute atomic E-state index is 5.33. The molecule has 0 saturated heterocycles. The maximum Gasteiger partial charge on any atom is 0.455 e. The Bertz CT molecular complexity index is 198. The molecule has 0 fully saturated rings. The molecule has 0 bridgehead atoms. The minimum Gasteiger partial charge on any atom is -0.431 e. The number of hydrogen-bond acceptors (Lipinski definition) is 1. The third-order valence-corrected chi connectivity index (χ3v) is 1.39. The molecule has 1 rings (SSSR count). The lowest BCUT2D eigenvalue weighted by Gasteiger charge is -1.96. The van der Waals surface area contributed by atoms with Crippen molar-refractivity contribution in [1.82, 2.24) is 4.57 Å². The zero-order chi connectivity index (χ0) is 7.56. The number of hydrogen-bond donors (Lipinski definition) is 0. The van der Waals surface area contributed by atoms with E-state index in [0.29, 0.717) is 6.61 Å². The van der Waals surface area contributed by atoms with Gasteiger partial charge in [-0.25, -0.2) is 9.13 Å². The fourth-order valence-corrected chi connectivity index (χ4v) is 0.909. The second-order valence-electron chi connectivity index (χ2n) is 2.24. The van der Waals surface area contributed by atoms with Crippen LogP contribution in [0.15, 0.2) is 12.4 Å². The fraction of sp³-hybridized carbons (Fsp3) is 0.571. The summed E-state index contributed by atoms with van der Waals surface area (Å²) in [5.74, 6) is 0. The Morgan fingerprint density at radius 1 is 1.70 bits per heavy atom. The SMILES string of the molecule is CCOc1n(C)cc[n+]1C. The lowest BCUT2D eigenvalue weighted by Crippen LogP contribution is -2.28. The molecule has 0 unspecified atom stereocenters. The molecule has 0 radical (unpaired) electrons. The van der Waals surface area contributed by atoms with Gasteiger partial charge < -0.3 is 4.74 Å². The summed E-state index contributed by atoms with van der Waals surface area (Å²) in [6, 6.07) is 0.891. The monoisotopic (exact) mass is 141 g/mol. The van der Waals surface area contributed by atoms with E-state index in [2.05, 4.69) is 0 Å². The summed E-state index contributed by atoms with van der Waals surface area (Å²) < 4.78 is 9.23. The van der Waals surface area contributed by atoms with Gasteiger partial charge in [-0.2, -0.15) is 0 Å². The Kier molecular flexibility index (Phi) is 1.94. The Balaban J connectivity index is 2.87. The first-order chi connectivity index (χ1) is 4.75. The van der Waals surface area contributed by atoms with Crippen molar-refractivity contribution >= 4 is 0 Å². The second-order valence-corrected chi connectivity index (χ2v) is 2.24. The summed E-state index contributed by atoms with van der Waals surface area (Å²) >= 11 is 0. The van der Waals surface area contributed by atoms with Crippen LogP contribution in [0.2, 0.25) is 0 Å². The smallest absolute Gasteiger partial charge is 0.431 e. The van der Waals surface area contributed by atoms with Crippen LogP contribution in [0.4, 0.5) is 0 Å². The van der Waals surface area contributed by atoms with E-state index in [1.807, 2.05) is 42.5 Å². The first-order valence-electron chi connectivity index (χ1n) is 3.39. The number of ether oxygens (including phenoxy) is 1. The lowest BCUT2D eigenvalue weighted by atomic mass is 10.8. The molecule has 0 atom stereocenters. The van der Waals surface area contributed by atoms with E-state index in [1.165, 1.54) is 0 Å². The molecule has 0 spiro atoms. The van der Waals surface area contributed by atoms with Gasteiger partial charge >= 0.3 is 6.01 Å². The van der Waals surface area contributed by atoms with Gasteiger partial charge in [-0.15, -0.1) is 0 Å². The van der Waals surface area contributed by atoms with Crippen LogP contribution in [0.1, 0.15) is 6.92 Å². The van der Waals surface area contributed by atoms with Crippen LogP contribution >= 0.6 is 0 Å². The summed E-state index contributed by atoms with van der Waals surface area (Å²) in [4.78, 5) is 0. The molecular formula is C7H13N2O+. The Hall–Kier alpha value is -0.990. The molecular weight excluding hydrogens is 128 g/mol. The Labute approximate surface area is 60.9 Å². The van der Waals surface area contributed by atoms with Crippen LogP contribution in [0.25, 0.3) is 0 Å². The first kappa shape index (κ1) is 7.12. The number of aromatic nitrogens is 2. The Morgan fingerprint density at radius 2 is 2.40 bits per heavy atom. The molecule has 0 saturated carbocycles. The van der Waals surface area contributed by atoms with E-state index >= 15 is 0 Å². The van der Waals surface area contributed by atoms with Crippen LogP contribution in [0.5, 0.6) is 6.01 Å². The van der Waals surface area contributed by atoms with Crippen molar-refractivity contribution in [2.45, 2.75) is 6.92 Å². The lowest BCUT2D eigenvalue weighted by molar-refractivity contribution is -0.676. The largest absolute Gasteiger partial charge is 0.455 e. The second kappa shape index (κ2) is 2.73. The van der Waals surface area contributed by atoms with Gasteiger partial charge in [-0.3, -0.25) is 0 Å². The van der Waals surface area contributed by atoms with Gasteiger partial charge in [0.1, 0.15) is 12.4 Å². The first-order valence-corrected chi connectivity index (χ1v) is 3.39. The molecule has 1 aromatic rings. The van der Waals surface area contributed by atoms with Crippen molar-refractivity contribution in [3.8, 4) is 6.01 Å². The van der Waals surface area contributed by atoms with E-state index in [1.54, 1.807) is 0 Å². The predicted octanol–water partition coefficient (Wildman–Crippen LogP) is 0.248. The number of nitrogens with zero attached hydrogens (tertiary/aromatic N) is 2. The number of aryl methyl sites for hydroxylation is 2. The van der Waals surface area contributed by atoms with Gasteiger partial charge in [0.15, 0.2) is 0 Å². The van der Waals surface area contributed by atoms with Crippen molar-refractivity contribution in [1.29, 1.82) is 0 Å². The van der Waals surface area contributed by atoms with Gasteiger partial charge in [0.25, 0.3) is 0 Å². The van der Waals surface area contributed by atoms with Gasteiger partial charge in [-0.05, 0) is 6.92 Å². The Morgan fingerprint density at radius 3 is 2.80 bits per heavy atom. The van der Waals surface area contributed by atoms with Crippen molar-refractivity contribution in [2.24, 2.45) is 14.1 Å². The summed E-state index contributed by atoms with van der Waals surface area (Å²) in [5.41, 5.74) is 0. The topological polar surface area (TPSA) is 18.0 Å². The van der Waals surface area contributed by atoms with Crippen LogP contribution < -0.4 is 9.30 Å². The third-order valence-electron chi connectivity index (χ3n) is 1.39. The average molecular weight is 141 g/mol. The zero-order valence-electron chi connectivity index (χ0n) is 6.66. The maximum atomic E-state index is 5.33. The highest BCUT2D eigenvalue weighted by Crippen LogP contribution is 1.99. The van der Waals surface area contributed by atoms with Crippen LogP contribution in [0, 0.1) is 0 Å². The summed E-state index contributed by atoms with van der Waals surface area (Å²) in [6.07, 6.45) is 3.93. The van der Waals surface area contributed by atoms with Crippen molar-refractivity contribution < 1.29 is 9.30 Å². The highest BCUT2D eigenvalue weighted by Gasteiger charge is 2.10. The molecule has 10 heavy (non-hydrogen) atoms. The molecule has 3 heteroatoms. The molecule has 0 aromatic carbocycles. The average Bonchev–Trinajstić information content (AvgIpc) is 2.20. The van der Waals surface area contributed by atoms with Gasteiger partial charge in [0.2, 0.25) is 0 Å². The van der Waals surface area contributed by atoms with Crippen molar-refractivity contribution in [3.63, 3.8) is 0 Å². The molecule has 0 aliphatic heterocycles. The molecule has 0 aliphatic rings. The van der Waals surface area contributed by atoms with Crippen LogP contribution in [0.3, 0.4) is 0 Å². The minimum atomic E-state index is 0.714. The molecule has 0 aliphatic carbocycles. The summed E-state index contributed by atoms with van der Waals surface area (Å²) in [5, 5.41) is 0. The minimum absolute atomic E-state index is 0.714. The predicted molar refractivity (Wildman–Crippen MR) is 37.8 cm³/mol. The van der Waals surface area contributed by atoms with E-state index in [-0.39, 0.29) is 0 Å². The quantitative estimate of drug-likeness (QED) is 0.540. The van der Waals surface area contributed by atoms with Gasteiger partial charge in [0.05, 0.1) is 20.7 Å². The van der Waals surface area contributed by atoms with Gasteiger partial charge in [-0.1, -0.05) is 0 Å². The standard InChI is InChI=1S/C7H13N2O/c1-4-10-7-8(2)5-6-9(7)3/h5-6H,4H2,1-3H3/q+1. The normalized spacial score (nSPS) is 9.90. The number of imidazole rings is 1. The zero-order valence-corrected chi connectivity index (χ0v) is 6.66. The molecule has 1 aromatic heterocycles. The molecule has 56 valence electrons. The molecule has 1 heterocycles. The van der Waals surface area contributed by atoms with E-state index < -0.39 is 0 Å². The van der Waals surface area contributed by atoms with Crippen LogP contribution in [-0.2, 0) is 14.1 Å². The number of rotatable bonds is 2. The summed E-state index contributed by atoms with van der Waals surface area (Å²) in [6.45, 7) is 2.69. The van der Waals surface area contributed by atoms with E-state index in [0.717, 1.165) is 6.01 Å². The van der Waals surface area contributed by atoms with Gasteiger partial charge in [0, 0.05) is 0 Å². The molecule has 0 N–H and O–H groups in total. The van der Waals surface area contributed by atoms with Crippen LogP contribution in [-0.4, -0.2) is 11.2 Å². The fourth-order valence-electron chi connectivity index (χ4n) is 0.909. The molecule has 3 nitrogen and oxygen atoms in total.